The Bertz CT molecular complexity index is 544. The lowest BCUT2D eigenvalue weighted by Crippen LogP contribution is -2.07. The topological polar surface area (TPSA) is 69.1 Å². The molecule has 0 aromatic carbocycles. The molecule has 0 unspecified atom stereocenters. The monoisotopic (exact) mass is 216 g/mol. The number of ketones is 1. The maximum absolute atomic E-state index is 12.1. The fourth-order valence-corrected chi connectivity index (χ4v) is 1.53. The van der Waals surface area contributed by atoms with Crippen LogP contribution in [-0.4, -0.2) is 10.8 Å². The molecule has 0 saturated heterocycles. The van der Waals surface area contributed by atoms with Gasteiger partial charge in [0.15, 0.2) is 5.78 Å². The van der Waals surface area contributed by atoms with Gasteiger partial charge in [-0.15, -0.1) is 0 Å². The van der Waals surface area contributed by atoms with Crippen molar-refractivity contribution < 1.29 is 9.21 Å². The lowest BCUT2D eigenvalue weighted by Gasteiger charge is -2.04. The van der Waals surface area contributed by atoms with E-state index >= 15 is 0 Å². The summed E-state index contributed by atoms with van der Waals surface area (Å²) in [7, 11) is 0. The Hall–Kier alpha value is -2.10. The predicted octanol–water partition coefficient (Wildman–Crippen LogP) is 2.10. The Morgan fingerprint density at radius 1 is 1.38 bits per heavy atom. The van der Waals surface area contributed by atoms with Crippen LogP contribution in [0.5, 0.6) is 0 Å². The zero-order valence-electron chi connectivity index (χ0n) is 9.15. The Morgan fingerprint density at radius 3 is 2.75 bits per heavy atom. The minimum absolute atomic E-state index is 0.153. The maximum Gasteiger partial charge on any atom is 0.200 e. The molecule has 0 aliphatic rings. The molecule has 2 aromatic heterocycles. The van der Waals surface area contributed by atoms with Crippen LogP contribution in [0.3, 0.4) is 0 Å². The van der Waals surface area contributed by atoms with Crippen LogP contribution < -0.4 is 5.73 Å². The first-order valence-corrected chi connectivity index (χ1v) is 4.90. The highest BCUT2D eigenvalue weighted by atomic mass is 16.3. The number of nitrogens with zero attached hydrogens (tertiary/aromatic N) is 1. The van der Waals surface area contributed by atoms with Crippen molar-refractivity contribution >= 4 is 11.6 Å². The molecule has 4 nitrogen and oxygen atoms in total. The Morgan fingerprint density at radius 2 is 2.12 bits per heavy atom. The summed E-state index contributed by atoms with van der Waals surface area (Å²) in [6.45, 7) is 3.61. The number of carbonyl (C=O) groups is 1. The molecule has 0 saturated carbocycles. The van der Waals surface area contributed by atoms with Crippen molar-refractivity contribution in [3.63, 3.8) is 0 Å². The van der Waals surface area contributed by atoms with Gasteiger partial charge in [-0.1, -0.05) is 0 Å². The number of hydrogen-bond acceptors (Lipinski definition) is 4. The second-order valence-corrected chi connectivity index (χ2v) is 3.67. The molecule has 0 aliphatic carbocycles. The van der Waals surface area contributed by atoms with Crippen molar-refractivity contribution in [2.45, 2.75) is 13.8 Å². The third-order valence-corrected chi connectivity index (χ3v) is 2.40. The minimum atomic E-state index is -0.153. The van der Waals surface area contributed by atoms with Gasteiger partial charge in [0.1, 0.15) is 11.6 Å². The first-order chi connectivity index (χ1) is 7.59. The van der Waals surface area contributed by atoms with E-state index in [4.69, 9.17) is 10.2 Å². The van der Waals surface area contributed by atoms with E-state index in [1.807, 2.05) is 6.92 Å². The number of nitrogen functional groups attached to an aromatic ring is 1. The molecular weight excluding hydrogens is 204 g/mol. The van der Waals surface area contributed by atoms with Gasteiger partial charge in [0.2, 0.25) is 0 Å². The van der Waals surface area contributed by atoms with Gasteiger partial charge >= 0.3 is 0 Å². The summed E-state index contributed by atoms with van der Waals surface area (Å²) in [6, 6.07) is 3.37. The molecule has 16 heavy (non-hydrogen) atoms. The maximum atomic E-state index is 12.1. The number of carbonyl (C=O) groups excluding carboxylic acids is 1. The Balaban J connectivity index is 2.49. The molecule has 0 aliphatic heterocycles. The highest BCUT2D eigenvalue weighted by molar-refractivity contribution is 6.12. The van der Waals surface area contributed by atoms with Crippen molar-refractivity contribution in [2.75, 3.05) is 5.73 Å². The summed E-state index contributed by atoms with van der Waals surface area (Å²) in [5.74, 6) is 0.682. The fraction of sp³-hybridized carbons (Fsp3) is 0.167. The molecule has 82 valence electrons. The first kappa shape index (κ1) is 10.4. The Labute approximate surface area is 93.1 Å². The van der Waals surface area contributed by atoms with Gasteiger partial charge in [-0.05, 0) is 31.5 Å². The van der Waals surface area contributed by atoms with E-state index in [0.29, 0.717) is 16.9 Å². The van der Waals surface area contributed by atoms with Gasteiger partial charge in [-0.3, -0.25) is 4.79 Å². The first-order valence-electron chi connectivity index (χ1n) is 4.90. The van der Waals surface area contributed by atoms with Gasteiger partial charge in [0, 0.05) is 6.20 Å². The smallest absolute Gasteiger partial charge is 0.200 e. The summed E-state index contributed by atoms with van der Waals surface area (Å²) >= 11 is 0. The molecule has 2 heterocycles. The zero-order chi connectivity index (χ0) is 11.7. The average molecular weight is 216 g/mol. The standard InChI is InChI=1S/C12H12N2O2/c1-7-5-10(12(13)14-6-7)11(15)9-3-4-16-8(9)2/h3-6H,1-2H3,(H2,13,14). The van der Waals surface area contributed by atoms with Crippen molar-refractivity contribution in [3.05, 3.63) is 47.0 Å². The number of rotatable bonds is 2. The molecular formula is C12H12N2O2. The molecule has 0 bridgehead atoms. The minimum Gasteiger partial charge on any atom is -0.469 e. The lowest BCUT2D eigenvalue weighted by atomic mass is 10.0. The second-order valence-electron chi connectivity index (χ2n) is 3.67. The SMILES string of the molecule is Cc1cnc(N)c(C(=O)c2ccoc2C)c1. The number of pyridine rings is 1. The number of nitrogens with two attached hydrogens (primary N) is 1. The summed E-state index contributed by atoms with van der Waals surface area (Å²) in [6.07, 6.45) is 3.12. The highest BCUT2D eigenvalue weighted by Gasteiger charge is 2.17. The van der Waals surface area contributed by atoms with E-state index in [0.717, 1.165) is 5.56 Å². The van der Waals surface area contributed by atoms with Crippen LogP contribution in [0.2, 0.25) is 0 Å². The van der Waals surface area contributed by atoms with Crippen molar-refractivity contribution in [1.29, 1.82) is 0 Å². The van der Waals surface area contributed by atoms with E-state index < -0.39 is 0 Å². The summed E-state index contributed by atoms with van der Waals surface area (Å²) < 4.78 is 5.10. The highest BCUT2D eigenvalue weighted by Crippen LogP contribution is 2.18. The summed E-state index contributed by atoms with van der Waals surface area (Å²) in [5.41, 5.74) is 7.53. The van der Waals surface area contributed by atoms with Gasteiger partial charge in [0.05, 0.1) is 17.4 Å². The predicted molar refractivity (Wildman–Crippen MR) is 60.3 cm³/mol. The van der Waals surface area contributed by atoms with E-state index in [-0.39, 0.29) is 11.6 Å². The van der Waals surface area contributed by atoms with Gasteiger partial charge < -0.3 is 10.2 Å². The Kier molecular flexibility index (Phi) is 2.48. The molecule has 0 amide bonds. The van der Waals surface area contributed by atoms with Crippen LogP contribution in [0.1, 0.15) is 27.2 Å². The quantitative estimate of drug-likeness (QED) is 0.780. The van der Waals surface area contributed by atoms with Crippen molar-refractivity contribution in [2.24, 2.45) is 0 Å². The van der Waals surface area contributed by atoms with Crippen LogP contribution >= 0.6 is 0 Å². The van der Waals surface area contributed by atoms with E-state index in [2.05, 4.69) is 4.98 Å². The normalized spacial score (nSPS) is 10.4. The molecule has 2 N–H and O–H groups in total. The summed E-state index contributed by atoms with van der Waals surface area (Å²) in [5, 5.41) is 0. The lowest BCUT2D eigenvalue weighted by molar-refractivity contribution is 0.103. The molecule has 4 heteroatoms. The largest absolute Gasteiger partial charge is 0.469 e. The number of aromatic nitrogens is 1. The van der Waals surface area contributed by atoms with Crippen LogP contribution in [-0.2, 0) is 0 Å². The number of hydrogen-bond donors (Lipinski definition) is 1. The van der Waals surface area contributed by atoms with Crippen LogP contribution in [0.15, 0.2) is 29.0 Å². The summed E-state index contributed by atoms with van der Waals surface area (Å²) in [4.78, 5) is 16.1. The molecule has 0 atom stereocenters. The number of aryl methyl sites for hydroxylation is 2. The zero-order valence-corrected chi connectivity index (χ0v) is 9.15. The third kappa shape index (κ3) is 1.69. The van der Waals surface area contributed by atoms with Crippen LogP contribution in [0.4, 0.5) is 5.82 Å². The number of furan rings is 1. The van der Waals surface area contributed by atoms with Crippen LogP contribution in [0, 0.1) is 13.8 Å². The third-order valence-electron chi connectivity index (χ3n) is 2.40. The fourth-order valence-electron chi connectivity index (χ4n) is 1.53. The average Bonchev–Trinajstić information content (AvgIpc) is 2.67. The second kappa shape index (κ2) is 3.81. The molecule has 0 fully saturated rings. The van der Waals surface area contributed by atoms with E-state index in [1.165, 1.54) is 6.26 Å². The van der Waals surface area contributed by atoms with E-state index in [9.17, 15) is 4.79 Å². The molecule has 2 rings (SSSR count). The van der Waals surface area contributed by atoms with Crippen LogP contribution in [0.25, 0.3) is 0 Å². The van der Waals surface area contributed by atoms with Crippen molar-refractivity contribution in [1.82, 2.24) is 4.98 Å². The molecule has 0 spiro atoms. The molecule has 2 aromatic rings. The van der Waals surface area contributed by atoms with Crippen molar-refractivity contribution in [3.8, 4) is 0 Å². The number of anilines is 1. The van der Waals surface area contributed by atoms with Gasteiger partial charge in [0.25, 0.3) is 0 Å². The van der Waals surface area contributed by atoms with E-state index in [1.54, 1.807) is 25.3 Å². The molecule has 0 radical (unpaired) electrons. The van der Waals surface area contributed by atoms with Gasteiger partial charge in [-0.2, -0.15) is 0 Å². The van der Waals surface area contributed by atoms with Gasteiger partial charge in [-0.25, -0.2) is 4.98 Å².